The zero-order chi connectivity index (χ0) is 17.8. The van der Waals surface area contributed by atoms with E-state index in [0.29, 0.717) is 11.4 Å². The summed E-state index contributed by atoms with van der Waals surface area (Å²) < 4.78 is 5.91. The molecule has 0 atom stereocenters. The van der Waals surface area contributed by atoms with Crippen molar-refractivity contribution in [3.05, 3.63) is 63.2 Å². The highest BCUT2D eigenvalue weighted by molar-refractivity contribution is 6.34. The second-order valence-electron chi connectivity index (χ2n) is 5.93. The van der Waals surface area contributed by atoms with Crippen LogP contribution >= 0.6 is 11.6 Å². The minimum absolute atomic E-state index is 0.0537. The molecule has 3 rings (SSSR count). The molecule has 1 amide bonds. The molecule has 1 aliphatic carbocycles. The van der Waals surface area contributed by atoms with Gasteiger partial charge >= 0.3 is 0 Å². The predicted molar refractivity (Wildman–Crippen MR) is 95.4 cm³/mol. The molecule has 0 spiro atoms. The third kappa shape index (κ3) is 4.28. The molecule has 25 heavy (non-hydrogen) atoms. The molecule has 1 N–H and O–H groups in total. The summed E-state index contributed by atoms with van der Waals surface area (Å²) >= 11 is 6.00. The highest BCUT2D eigenvalue weighted by Gasteiger charge is 2.18. The van der Waals surface area contributed by atoms with Gasteiger partial charge in [-0.1, -0.05) is 17.7 Å². The first-order chi connectivity index (χ1) is 12.0. The number of ether oxygens (including phenoxy) is 1. The molecule has 0 aromatic heterocycles. The van der Waals surface area contributed by atoms with Crippen LogP contribution in [0, 0.1) is 10.1 Å². The molecule has 6 nitrogen and oxygen atoms in total. The molecular weight excluding hydrogens is 344 g/mol. The Balaban J connectivity index is 1.74. The van der Waals surface area contributed by atoms with Gasteiger partial charge in [-0.3, -0.25) is 14.9 Å². The van der Waals surface area contributed by atoms with Crippen molar-refractivity contribution in [1.82, 2.24) is 0 Å². The minimum Gasteiger partial charge on any atom is -0.490 e. The summed E-state index contributed by atoms with van der Waals surface area (Å²) in [5.74, 6) is 0.182. The van der Waals surface area contributed by atoms with Gasteiger partial charge in [-0.15, -0.1) is 0 Å². The van der Waals surface area contributed by atoms with Gasteiger partial charge in [0.1, 0.15) is 5.75 Å². The van der Waals surface area contributed by atoms with Crippen molar-refractivity contribution in [2.75, 3.05) is 5.32 Å². The molecular formula is C18H17ClN2O4. The van der Waals surface area contributed by atoms with Gasteiger partial charge in [0.2, 0.25) is 0 Å². The Bertz CT molecular complexity index is 803. The second kappa shape index (κ2) is 7.53. The lowest BCUT2D eigenvalue weighted by atomic mass is 10.2. The summed E-state index contributed by atoms with van der Waals surface area (Å²) in [7, 11) is 0. The number of non-ortho nitro benzene ring substituents is 1. The van der Waals surface area contributed by atoms with E-state index in [1.165, 1.54) is 25.0 Å². The summed E-state index contributed by atoms with van der Waals surface area (Å²) in [5.41, 5.74) is 0.411. The lowest BCUT2D eigenvalue weighted by molar-refractivity contribution is -0.384. The average Bonchev–Trinajstić information content (AvgIpc) is 3.08. The van der Waals surface area contributed by atoms with E-state index in [0.717, 1.165) is 18.9 Å². The van der Waals surface area contributed by atoms with Crippen LogP contribution in [0.25, 0.3) is 0 Å². The van der Waals surface area contributed by atoms with E-state index < -0.39 is 10.8 Å². The monoisotopic (exact) mass is 360 g/mol. The number of nitro groups is 1. The standard InChI is InChI=1S/C18H17ClN2O4/c19-17-9-8-13(21(23)24)11-16(17)18(22)20-12-4-3-7-15(10-12)25-14-5-1-2-6-14/h3-4,7-11,14H,1-2,5-6H2,(H,20,22). The van der Waals surface area contributed by atoms with E-state index in [-0.39, 0.29) is 22.4 Å². The zero-order valence-corrected chi connectivity index (χ0v) is 14.2. The van der Waals surface area contributed by atoms with Crippen molar-refractivity contribution in [3.63, 3.8) is 0 Å². The van der Waals surface area contributed by atoms with Crippen molar-refractivity contribution in [2.24, 2.45) is 0 Å². The predicted octanol–water partition coefficient (Wildman–Crippen LogP) is 4.82. The van der Waals surface area contributed by atoms with Gasteiger partial charge < -0.3 is 10.1 Å². The molecule has 1 fully saturated rings. The first-order valence-corrected chi connectivity index (χ1v) is 8.43. The summed E-state index contributed by atoms with van der Waals surface area (Å²) in [6.07, 6.45) is 4.65. The highest BCUT2D eigenvalue weighted by Crippen LogP contribution is 2.27. The van der Waals surface area contributed by atoms with Crippen LogP contribution < -0.4 is 10.1 Å². The lowest BCUT2D eigenvalue weighted by Crippen LogP contribution is -2.14. The number of nitrogens with one attached hydrogen (secondary N) is 1. The Labute approximate surface area is 149 Å². The molecule has 0 heterocycles. The number of hydrogen-bond acceptors (Lipinski definition) is 4. The highest BCUT2D eigenvalue weighted by atomic mass is 35.5. The molecule has 0 radical (unpaired) electrons. The average molecular weight is 361 g/mol. The summed E-state index contributed by atoms with van der Waals surface area (Å²) in [5, 5.41) is 13.7. The second-order valence-corrected chi connectivity index (χ2v) is 6.33. The molecule has 1 saturated carbocycles. The number of halogens is 1. The van der Waals surface area contributed by atoms with E-state index in [9.17, 15) is 14.9 Å². The van der Waals surface area contributed by atoms with E-state index in [2.05, 4.69) is 5.32 Å². The number of carbonyl (C=O) groups is 1. The van der Waals surface area contributed by atoms with Crippen LogP contribution in [0.2, 0.25) is 5.02 Å². The summed E-state index contributed by atoms with van der Waals surface area (Å²) in [6.45, 7) is 0. The normalized spacial score (nSPS) is 14.3. The Hall–Kier alpha value is -2.60. The van der Waals surface area contributed by atoms with E-state index in [1.807, 2.05) is 6.07 Å². The number of carbonyl (C=O) groups excluding carboxylic acids is 1. The Morgan fingerprint density at radius 3 is 2.68 bits per heavy atom. The molecule has 0 aliphatic heterocycles. The van der Waals surface area contributed by atoms with Crippen LogP contribution in [0.3, 0.4) is 0 Å². The molecule has 0 unspecified atom stereocenters. The Morgan fingerprint density at radius 2 is 1.96 bits per heavy atom. The van der Waals surface area contributed by atoms with Crippen molar-refractivity contribution in [2.45, 2.75) is 31.8 Å². The van der Waals surface area contributed by atoms with Crippen molar-refractivity contribution < 1.29 is 14.5 Å². The molecule has 0 saturated heterocycles. The zero-order valence-electron chi connectivity index (χ0n) is 13.4. The minimum atomic E-state index is -0.566. The first-order valence-electron chi connectivity index (χ1n) is 8.05. The Morgan fingerprint density at radius 1 is 1.20 bits per heavy atom. The summed E-state index contributed by atoms with van der Waals surface area (Å²) in [6, 6.07) is 10.9. The van der Waals surface area contributed by atoms with E-state index in [1.54, 1.807) is 18.2 Å². The quantitative estimate of drug-likeness (QED) is 0.612. The van der Waals surface area contributed by atoms with Crippen molar-refractivity contribution in [3.8, 4) is 5.75 Å². The maximum atomic E-state index is 12.4. The largest absolute Gasteiger partial charge is 0.490 e. The van der Waals surface area contributed by atoms with Gasteiger partial charge in [-0.2, -0.15) is 0 Å². The fourth-order valence-corrected chi connectivity index (χ4v) is 3.05. The molecule has 1 aliphatic rings. The van der Waals surface area contributed by atoms with Gasteiger partial charge in [-0.25, -0.2) is 0 Å². The number of rotatable bonds is 5. The molecule has 0 bridgehead atoms. The maximum absolute atomic E-state index is 12.4. The number of benzene rings is 2. The topological polar surface area (TPSA) is 81.5 Å². The third-order valence-electron chi connectivity index (χ3n) is 4.10. The number of amides is 1. The van der Waals surface area contributed by atoms with Crippen LogP contribution in [0.4, 0.5) is 11.4 Å². The molecule has 130 valence electrons. The number of anilines is 1. The molecule has 7 heteroatoms. The van der Waals surface area contributed by atoms with E-state index >= 15 is 0 Å². The van der Waals surface area contributed by atoms with E-state index in [4.69, 9.17) is 16.3 Å². The summed E-state index contributed by atoms with van der Waals surface area (Å²) in [4.78, 5) is 22.7. The smallest absolute Gasteiger partial charge is 0.270 e. The molecule has 2 aromatic carbocycles. The maximum Gasteiger partial charge on any atom is 0.270 e. The van der Waals surface area contributed by atoms with Gasteiger partial charge in [0, 0.05) is 23.9 Å². The first kappa shape index (κ1) is 17.2. The fourth-order valence-electron chi connectivity index (χ4n) is 2.85. The number of nitrogens with zero attached hydrogens (tertiary/aromatic N) is 1. The van der Waals surface area contributed by atoms with Crippen molar-refractivity contribution in [1.29, 1.82) is 0 Å². The molecule has 2 aromatic rings. The third-order valence-corrected chi connectivity index (χ3v) is 4.43. The SMILES string of the molecule is O=C(Nc1cccc(OC2CCCC2)c1)c1cc([N+](=O)[O-])ccc1Cl. The fraction of sp³-hybridized carbons (Fsp3) is 0.278. The van der Waals surface area contributed by atoms with Crippen LogP contribution in [0.5, 0.6) is 5.75 Å². The number of hydrogen-bond donors (Lipinski definition) is 1. The number of nitro benzene ring substituents is 1. The van der Waals surface area contributed by atoms with Crippen LogP contribution in [-0.4, -0.2) is 16.9 Å². The van der Waals surface area contributed by atoms with Gasteiger partial charge in [0.15, 0.2) is 0 Å². The van der Waals surface area contributed by atoms with Gasteiger partial charge in [0.25, 0.3) is 11.6 Å². The van der Waals surface area contributed by atoms with Crippen LogP contribution in [-0.2, 0) is 0 Å². The van der Waals surface area contributed by atoms with Crippen LogP contribution in [0.1, 0.15) is 36.0 Å². The van der Waals surface area contributed by atoms with Gasteiger partial charge in [0.05, 0.1) is 21.6 Å². The Kier molecular flexibility index (Phi) is 5.19. The van der Waals surface area contributed by atoms with Crippen LogP contribution in [0.15, 0.2) is 42.5 Å². The lowest BCUT2D eigenvalue weighted by Gasteiger charge is -2.14. The van der Waals surface area contributed by atoms with Gasteiger partial charge in [-0.05, 0) is 43.9 Å². The van der Waals surface area contributed by atoms with Crippen molar-refractivity contribution >= 4 is 28.9 Å².